The van der Waals surface area contributed by atoms with Gasteiger partial charge in [0.25, 0.3) is 10.0 Å². The van der Waals surface area contributed by atoms with Crippen molar-refractivity contribution in [3.8, 4) is 11.5 Å². The van der Waals surface area contributed by atoms with E-state index in [9.17, 15) is 13.2 Å². The summed E-state index contributed by atoms with van der Waals surface area (Å²) in [6.07, 6.45) is 1.22. The Balaban J connectivity index is 1.99. The number of benzene rings is 2. The first-order valence-corrected chi connectivity index (χ1v) is 10.2. The van der Waals surface area contributed by atoms with Crippen molar-refractivity contribution in [1.29, 1.82) is 0 Å². The summed E-state index contributed by atoms with van der Waals surface area (Å²) in [5, 5.41) is 0. The van der Waals surface area contributed by atoms with Gasteiger partial charge in [-0.2, -0.15) is 0 Å². The Bertz CT molecular complexity index is 943. The zero-order valence-electron chi connectivity index (χ0n) is 15.3. The van der Waals surface area contributed by atoms with Crippen LogP contribution < -0.4 is 19.1 Å². The normalized spacial score (nSPS) is 14.3. The molecule has 0 spiro atoms. The summed E-state index contributed by atoms with van der Waals surface area (Å²) in [5.74, 6) is 0.623. The largest absolute Gasteiger partial charge is 0.495 e. The molecule has 3 rings (SSSR count). The van der Waals surface area contributed by atoms with Crippen LogP contribution in [-0.2, 0) is 14.8 Å². The lowest BCUT2D eigenvalue weighted by atomic mass is 10.3. The molecule has 0 atom stereocenters. The predicted molar refractivity (Wildman–Crippen MR) is 103 cm³/mol. The van der Waals surface area contributed by atoms with E-state index in [1.807, 2.05) is 6.92 Å². The fourth-order valence-electron chi connectivity index (χ4n) is 3.00. The van der Waals surface area contributed by atoms with Crippen molar-refractivity contribution < 1.29 is 22.7 Å². The van der Waals surface area contributed by atoms with Gasteiger partial charge in [0.15, 0.2) is 0 Å². The van der Waals surface area contributed by atoms with Crippen LogP contribution in [0, 0.1) is 0 Å². The maximum atomic E-state index is 13.0. The van der Waals surface area contributed by atoms with Gasteiger partial charge in [0.2, 0.25) is 5.91 Å². The molecule has 0 radical (unpaired) electrons. The summed E-state index contributed by atoms with van der Waals surface area (Å²) in [4.78, 5) is 13.6. The predicted octanol–water partition coefficient (Wildman–Crippen LogP) is 3.02. The van der Waals surface area contributed by atoms with E-state index in [0.717, 1.165) is 6.42 Å². The highest BCUT2D eigenvalue weighted by Gasteiger charge is 2.26. The molecule has 1 aliphatic heterocycles. The van der Waals surface area contributed by atoms with Gasteiger partial charge in [-0.25, -0.2) is 8.42 Å². The highest BCUT2D eigenvalue weighted by molar-refractivity contribution is 7.92. The zero-order valence-corrected chi connectivity index (χ0v) is 16.1. The second kappa shape index (κ2) is 7.87. The van der Waals surface area contributed by atoms with Gasteiger partial charge in [-0.3, -0.25) is 9.52 Å². The standard InChI is InChI=1S/C19H22N2O5S/c1-3-26-16-8-5-4-7-15(16)20-27(23,24)18-13-14(10-11-17(18)25-2)21-12-6-9-19(21)22/h4-5,7-8,10-11,13,20H,3,6,9,12H2,1-2H3. The highest BCUT2D eigenvalue weighted by atomic mass is 32.2. The van der Waals surface area contributed by atoms with Crippen LogP contribution >= 0.6 is 0 Å². The highest BCUT2D eigenvalue weighted by Crippen LogP contribution is 2.33. The zero-order chi connectivity index (χ0) is 19.4. The molecule has 0 aliphatic carbocycles. The lowest BCUT2D eigenvalue weighted by Gasteiger charge is -2.19. The van der Waals surface area contributed by atoms with Gasteiger partial charge in [0.05, 0.1) is 19.4 Å². The third kappa shape index (κ3) is 4.00. The monoisotopic (exact) mass is 390 g/mol. The van der Waals surface area contributed by atoms with Crippen molar-refractivity contribution in [1.82, 2.24) is 0 Å². The van der Waals surface area contributed by atoms with Crippen molar-refractivity contribution in [3.63, 3.8) is 0 Å². The van der Waals surface area contributed by atoms with Crippen molar-refractivity contribution in [2.24, 2.45) is 0 Å². The van der Waals surface area contributed by atoms with Gasteiger partial charge < -0.3 is 14.4 Å². The molecule has 0 bridgehead atoms. The molecular weight excluding hydrogens is 368 g/mol. The second-order valence-electron chi connectivity index (χ2n) is 6.02. The molecule has 2 aromatic carbocycles. The number of carbonyl (C=O) groups is 1. The third-order valence-electron chi connectivity index (χ3n) is 4.25. The van der Waals surface area contributed by atoms with E-state index in [2.05, 4.69) is 4.72 Å². The van der Waals surface area contributed by atoms with E-state index in [0.29, 0.717) is 36.7 Å². The van der Waals surface area contributed by atoms with Crippen LogP contribution in [0.5, 0.6) is 11.5 Å². The Morgan fingerprint density at radius 2 is 1.93 bits per heavy atom. The molecule has 1 N–H and O–H groups in total. The average Bonchev–Trinajstić information content (AvgIpc) is 3.09. The Hall–Kier alpha value is -2.74. The minimum Gasteiger partial charge on any atom is -0.495 e. The minimum absolute atomic E-state index is 0.0156. The van der Waals surface area contributed by atoms with Gasteiger partial charge in [0.1, 0.15) is 16.4 Å². The number of rotatable bonds is 7. The number of nitrogens with one attached hydrogen (secondary N) is 1. The molecule has 0 unspecified atom stereocenters. The first-order valence-electron chi connectivity index (χ1n) is 8.69. The molecule has 1 aliphatic rings. The lowest BCUT2D eigenvalue weighted by molar-refractivity contribution is -0.117. The van der Waals surface area contributed by atoms with Gasteiger partial charge >= 0.3 is 0 Å². The molecule has 1 fully saturated rings. The molecule has 27 heavy (non-hydrogen) atoms. The summed E-state index contributed by atoms with van der Waals surface area (Å²) in [6.45, 7) is 2.81. The maximum absolute atomic E-state index is 13.0. The Morgan fingerprint density at radius 1 is 1.15 bits per heavy atom. The average molecular weight is 390 g/mol. The van der Waals surface area contributed by atoms with E-state index >= 15 is 0 Å². The van der Waals surface area contributed by atoms with Crippen LogP contribution in [0.15, 0.2) is 47.4 Å². The van der Waals surface area contributed by atoms with Crippen molar-refractivity contribution in [3.05, 3.63) is 42.5 Å². The number of carbonyl (C=O) groups excluding carboxylic acids is 1. The van der Waals surface area contributed by atoms with Gasteiger partial charge in [-0.05, 0) is 43.7 Å². The topological polar surface area (TPSA) is 84.9 Å². The third-order valence-corrected chi connectivity index (χ3v) is 5.64. The molecule has 8 heteroatoms. The maximum Gasteiger partial charge on any atom is 0.265 e. The van der Waals surface area contributed by atoms with Gasteiger partial charge in [-0.15, -0.1) is 0 Å². The minimum atomic E-state index is -3.96. The summed E-state index contributed by atoms with van der Waals surface area (Å²) >= 11 is 0. The molecule has 7 nitrogen and oxygen atoms in total. The molecule has 0 aromatic heterocycles. The van der Waals surface area contributed by atoms with Crippen molar-refractivity contribution in [2.75, 3.05) is 29.9 Å². The SMILES string of the molecule is CCOc1ccccc1NS(=O)(=O)c1cc(N2CCCC2=O)ccc1OC. The van der Waals surface area contributed by atoms with E-state index in [1.165, 1.54) is 13.2 Å². The lowest BCUT2D eigenvalue weighted by Crippen LogP contribution is -2.24. The molecule has 2 aromatic rings. The molecular formula is C19H22N2O5S. The number of methoxy groups -OCH3 is 1. The fourth-order valence-corrected chi connectivity index (χ4v) is 4.26. The number of nitrogens with zero attached hydrogens (tertiary/aromatic N) is 1. The number of sulfonamides is 1. The number of anilines is 2. The first-order chi connectivity index (χ1) is 13.0. The number of para-hydroxylation sites is 2. The molecule has 1 saturated heterocycles. The summed E-state index contributed by atoms with van der Waals surface area (Å²) in [5.41, 5.74) is 0.876. The van der Waals surface area contributed by atoms with E-state index in [4.69, 9.17) is 9.47 Å². The van der Waals surface area contributed by atoms with E-state index in [1.54, 1.807) is 41.3 Å². The van der Waals surface area contributed by atoms with Crippen LogP contribution in [0.1, 0.15) is 19.8 Å². The smallest absolute Gasteiger partial charge is 0.265 e. The molecule has 1 heterocycles. The van der Waals surface area contributed by atoms with Crippen LogP contribution in [0.4, 0.5) is 11.4 Å². The van der Waals surface area contributed by atoms with Crippen molar-refractivity contribution in [2.45, 2.75) is 24.7 Å². The van der Waals surface area contributed by atoms with Crippen LogP contribution in [-0.4, -0.2) is 34.6 Å². The quantitative estimate of drug-likeness (QED) is 0.786. The van der Waals surface area contributed by atoms with Gasteiger partial charge in [-0.1, -0.05) is 12.1 Å². The Kier molecular flexibility index (Phi) is 5.55. The number of amides is 1. The molecule has 144 valence electrons. The Morgan fingerprint density at radius 3 is 2.59 bits per heavy atom. The summed E-state index contributed by atoms with van der Waals surface area (Å²) in [7, 11) is -2.55. The number of ether oxygens (including phenoxy) is 2. The van der Waals surface area contributed by atoms with E-state index in [-0.39, 0.29) is 16.6 Å². The van der Waals surface area contributed by atoms with Crippen LogP contribution in [0.2, 0.25) is 0 Å². The van der Waals surface area contributed by atoms with Crippen molar-refractivity contribution >= 4 is 27.3 Å². The first kappa shape index (κ1) is 19.0. The molecule has 1 amide bonds. The summed E-state index contributed by atoms with van der Waals surface area (Å²) in [6, 6.07) is 11.5. The van der Waals surface area contributed by atoms with Gasteiger partial charge in [0, 0.05) is 18.7 Å². The summed E-state index contributed by atoms with van der Waals surface area (Å²) < 4.78 is 39.3. The second-order valence-corrected chi connectivity index (χ2v) is 7.67. The number of hydrogen-bond donors (Lipinski definition) is 1. The number of hydrogen-bond acceptors (Lipinski definition) is 5. The van der Waals surface area contributed by atoms with Crippen LogP contribution in [0.3, 0.4) is 0 Å². The fraction of sp³-hybridized carbons (Fsp3) is 0.316. The molecule has 0 saturated carbocycles. The Labute approximate surface area is 158 Å². The van der Waals surface area contributed by atoms with E-state index < -0.39 is 10.0 Å². The van der Waals surface area contributed by atoms with Crippen LogP contribution in [0.25, 0.3) is 0 Å².